The minimum atomic E-state index is -3.88. The van der Waals surface area contributed by atoms with E-state index < -0.39 is 15.8 Å². The van der Waals surface area contributed by atoms with E-state index in [0.717, 1.165) is 0 Å². The summed E-state index contributed by atoms with van der Waals surface area (Å²) in [5, 5.41) is 0.852. The molecule has 4 rings (SSSR count). The zero-order valence-electron chi connectivity index (χ0n) is 17.2. The number of hydrogen-bond acceptors (Lipinski definition) is 7. The van der Waals surface area contributed by atoms with Crippen molar-refractivity contribution in [1.82, 2.24) is 19.5 Å². The van der Waals surface area contributed by atoms with Crippen LogP contribution in [-0.4, -0.2) is 33.7 Å². The van der Waals surface area contributed by atoms with Crippen molar-refractivity contribution in [3.8, 4) is 0 Å². The number of nitrogens with one attached hydrogen (secondary N) is 1. The number of halogens is 1. The zero-order valence-corrected chi connectivity index (χ0v) is 18.7. The number of carbonyl (C=O) groups excluding carboxylic acids is 1. The molecule has 164 valence electrons. The Balaban J connectivity index is 1.71. The number of hydrogen-bond donors (Lipinski definition) is 2. The van der Waals surface area contributed by atoms with Crippen molar-refractivity contribution in [3.05, 3.63) is 71.4 Å². The van der Waals surface area contributed by atoms with Crippen LogP contribution in [0.5, 0.6) is 0 Å². The van der Waals surface area contributed by atoms with Gasteiger partial charge >= 0.3 is 0 Å². The van der Waals surface area contributed by atoms with E-state index in [1.54, 1.807) is 6.20 Å². The lowest BCUT2D eigenvalue weighted by atomic mass is 10.1. The van der Waals surface area contributed by atoms with Gasteiger partial charge in [-0.3, -0.25) is 14.5 Å². The molecule has 32 heavy (non-hydrogen) atoms. The number of carbonyl (C=O) groups is 1. The molecule has 0 saturated heterocycles. The fraction of sp³-hybridized carbons (Fsp3) is 0.143. The van der Waals surface area contributed by atoms with Crippen molar-refractivity contribution in [3.63, 3.8) is 0 Å². The van der Waals surface area contributed by atoms with Gasteiger partial charge in [0.2, 0.25) is 5.78 Å². The van der Waals surface area contributed by atoms with Crippen LogP contribution in [0, 0.1) is 0 Å². The summed E-state index contributed by atoms with van der Waals surface area (Å²) in [4.78, 5) is 25.7. The van der Waals surface area contributed by atoms with Crippen LogP contribution in [0.25, 0.3) is 11.0 Å². The fourth-order valence-electron chi connectivity index (χ4n) is 3.26. The van der Waals surface area contributed by atoms with Crippen molar-refractivity contribution in [1.29, 1.82) is 0 Å². The summed E-state index contributed by atoms with van der Waals surface area (Å²) >= 11 is 5.83. The first-order valence-electron chi connectivity index (χ1n) is 9.57. The number of nitrogens with zero attached hydrogens (tertiary/aromatic N) is 4. The lowest BCUT2D eigenvalue weighted by Gasteiger charge is -2.09. The second-order valence-electron chi connectivity index (χ2n) is 7.32. The molecule has 0 aliphatic heterocycles. The van der Waals surface area contributed by atoms with Crippen molar-refractivity contribution in [2.24, 2.45) is 0 Å². The summed E-state index contributed by atoms with van der Waals surface area (Å²) in [5.41, 5.74) is 7.10. The summed E-state index contributed by atoms with van der Waals surface area (Å²) in [5.74, 6) is -0.249. The van der Waals surface area contributed by atoms with Crippen molar-refractivity contribution in [2.45, 2.75) is 24.8 Å². The molecular formula is C21H19ClN6O3S. The Bertz CT molecular complexity index is 1430. The van der Waals surface area contributed by atoms with E-state index in [2.05, 4.69) is 19.7 Å². The van der Waals surface area contributed by atoms with Crippen LogP contribution in [0.4, 0.5) is 11.5 Å². The third kappa shape index (κ3) is 4.02. The summed E-state index contributed by atoms with van der Waals surface area (Å²) < 4.78 is 29.6. The first-order chi connectivity index (χ1) is 15.2. The van der Waals surface area contributed by atoms with Gasteiger partial charge in [0.25, 0.3) is 10.0 Å². The highest BCUT2D eigenvalue weighted by Gasteiger charge is 2.23. The van der Waals surface area contributed by atoms with E-state index in [9.17, 15) is 13.2 Å². The normalized spacial score (nSPS) is 11.8. The number of fused-ring (bicyclic) bond motifs is 1. The first-order valence-corrected chi connectivity index (χ1v) is 11.4. The predicted molar refractivity (Wildman–Crippen MR) is 122 cm³/mol. The van der Waals surface area contributed by atoms with Crippen LogP contribution in [-0.2, 0) is 10.0 Å². The number of ketones is 1. The van der Waals surface area contributed by atoms with Crippen LogP contribution >= 0.6 is 11.6 Å². The minimum absolute atomic E-state index is 0.0267. The standard InChI is InChI=1S/C21H19ClN6O3S/c1-12(2)28-10-16(18-20(23)25-11-26-21(18)28)19(29)17-9-14(7-8-24-17)27-32(30,31)15-5-3-13(22)4-6-15/h3-12H,1-2H3,(H,24,27)(H2,23,25,26). The van der Waals surface area contributed by atoms with E-state index in [4.69, 9.17) is 17.3 Å². The Morgan fingerprint density at radius 3 is 2.53 bits per heavy atom. The molecule has 0 aliphatic rings. The predicted octanol–water partition coefficient (Wildman–Crippen LogP) is 3.67. The smallest absolute Gasteiger partial charge is 0.261 e. The summed E-state index contributed by atoms with van der Waals surface area (Å²) in [6, 6.07) is 8.60. The highest BCUT2D eigenvalue weighted by Crippen LogP contribution is 2.28. The minimum Gasteiger partial charge on any atom is -0.383 e. The maximum absolute atomic E-state index is 13.3. The second-order valence-corrected chi connectivity index (χ2v) is 9.44. The molecule has 0 unspecified atom stereocenters. The number of nitrogens with two attached hydrogens (primary N) is 1. The summed E-state index contributed by atoms with van der Waals surface area (Å²) in [6.07, 6.45) is 4.36. The van der Waals surface area contributed by atoms with Crippen LogP contribution in [0.2, 0.25) is 5.02 Å². The highest BCUT2D eigenvalue weighted by atomic mass is 35.5. The van der Waals surface area contributed by atoms with Gasteiger partial charge < -0.3 is 10.3 Å². The summed E-state index contributed by atoms with van der Waals surface area (Å²) in [7, 11) is -3.88. The van der Waals surface area contributed by atoms with E-state index in [1.165, 1.54) is 48.9 Å². The number of anilines is 2. The van der Waals surface area contributed by atoms with E-state index in [-0.39, 0.29) is 33.7 Å². The maximum atomic E-state index is 13.3. The lowest BCUT2D eigenvalue weighted by Crippen LogP contribution is -2.14. The molecule has 3 aromatic heterocycles. The Morgan fingerprint density at radius 1 is 1.12 bits per heavy atom. The molecule has 9 nitrogen and oxygen atoms in total. The van der Waals surface area contributed by atoms with E-state index in [0.29, 0.717) is 16.1 Å². The van der Waals surface area contributed by atoms with Gasteiger partial charge in [0, 0.05) is 23.5 Å². The van der Waals surface area contributed by atoms with Gasteiger partial charge in [-0.15, -0.1) is 0 Å². The average Bonchev–Trinajstić information content (AvgIpc) is 3.15. The molecule has 1 aromatic carbocycles. The number of rotatable bonds is 6. The molecule has 0 amide bonds. The molecule has 0 fully saturated rings. The largest absolute Gasteiger partial charge is 0.383 e. The van der Waals surface area contributed by atoms with Crippen molar-refractivity contribution in [2.75, 3.05) is 10.5 Å². The quantitative estimate of drug-likeness (QED) is 0.410. The third-order valence-corrected chi connectivity index (χ3v) is 6.46. The molecule has 4 aromatic rings. The van der Waals surface area contributed by atoms with Gasteiger partial charge in [-0.1, -0.05) is 11.6 Å². The van der Waals surface area contributed by atoms with Crippen molar-refractivity contribution >= 4 is 49.9 Å². The molecular weight excluding hydrogens is 452 g/mol. The molecule has 0 atom stereocenters. The topological polar surface area (TPSA) is 133 Å². The van der Waals surface area contributed by atoms with Gasteiger partial charge in [-0.05, 0) is 50.2 Å². The highest BCUT2D eigenvalue weighted by molar-refractivity contribution is 7.92. The number of nitrogen functional groups attached to an aromatic ring is 1. The molecule has 0 radical (unpaired) electrons. The first kappa shape index (κ1) is 21.7. The van der Waals surface area contributed by atoms with Gasteiger partial charge in [-0.25, -0.2) is 18.4 Å². The SMILES string of the molecule is CC(C)n1cc(C(=O)c2cc(NS(=O)(=O)c3ccc(Cl)cc3)ccn2)c2c(N)ncnc21. The monoisotopic (exact) mass is 470 g/mol. The second kappa shape index (κ2) is 8.21. The number of aromatic nitrogens is 4. The van der Waals surface area contributed by atoms with Gasteiger partial charge in [0.1, 0.15) is 23.5 Å². The number of benzene rings is 1. The molecule has 3 heterocycles. The maximum Gasteiger partial charge on any atom is 0.261 e. The van der Waals surface area contributed by atoms with Crippen LogP contribution in [0.3, 0.4) is 0 Å². The van der Waals surface area contributed by atoms with Gasteiger partial charge in [-0.2, -0.15) is 0 Å². The van der Waals surface area contributed by atoms with E-state index >= 15 is 0 Å². The van der Waals surface area contributed by atoms with Crippen molar-refractivity contribution < 1.29 is 13.2 Å². The Morgan fingerprint density at radius 2 is 1.84 bits per heavy atom. The number of sulfonamides is 1. The summed E-state index contributed by atoms with van der Waals surface area (Å²) in [6.45, 7) is 3.91. The Labute approximate surface area is 189 Å². The molecule has 0 spiro atoms. The van der Waals surface area contributed by atoms with Crippen LogP contribution in [0.1, 0.15) is 35.9 Å². The molecule has 0 saturated carbocycles. The third-order valence-electron chi connectivity index (χ3n) is 4.81. The Hall–Kier alpha value is -3.50. The van der Waals surface area contributed by atoms with Gasteiger partial charge in [0.05, 0.1) is 21.5 Å². The van der Waals surface area contributed by atoms with Crippen LogP contribution in [0.15, 0.2) is 60.0 Å². The van der Waals surface area contributed by atoms with E-state index in [1.807, 2.05) is 18.4 Å². The fourth-order valence-corrected chi connectivity index (χ4v) is 4.43. The van der Waals surface area contributed by atoms with Gasteiger partial charge in [0.15, 0.2) is 0 Å². The number of pyridine rings is 1. The lowest BCUT2D eigenvalue weighted by molar-refractivity contribution is 0.103. The Kier molecular flexibility index (Phi) is 5.57. The molecule has 0 bridgehead atoms. The zero-order chi connectivity index (χ0) is 23.0. The molecule has 3 N–H and O–H groups in total. The molecule has 0 aliphatic carbocycles. The van der Waals surface area contributed by atoms with Crippen LogP contribution < -0.4 is 10.5 Å². The molecule has 11 heteroatoms. The average molecular weight is 471 g/mol.